The molecule has 0 saturated carbocycles. The maximum Gasteiger partial charge on any atom is 0.504 e. The summed E-state index contributed by atoms with van der Waals surface area (Å²) in [7, 11) is 0. The van der Waals surface area contributed by atoms with E-state index < -0.39 is 12.9 Å². The van der Waals surface area contributed by atoms with Crippen molar-refractivity contribution in [1.29, 1.82) is 0 Å². The van der Waals surface area contributed by atoms with Gasteiger partial charge in [-0.1, -0.05) is 0 Å². The number of alkyl halides is 3. The van der Waals surface area contributed by atoms with Gasteiger partial charge in [0.1, 0.15) is 0 Å². The number of aromatic nitrogens is 2. The van der Waals surface area contributed by atoms with Crippen molar-refractivity contribution < 1.29 is 18.3 Å². The summed E-state index contributed by atoms with van der Waals surface area (Å²) in [6, 6.07) is 0. The highest BCUT2D eigenvalue weighted by molar-refractivity contribution is 5.01. The highest BCUT2D eigenvalue weighted by Crippen LogP contribution is 2.20. The van der Waals surface area contributed by atoms with Crippen LogP contribution >= 0.6 is 0 Å². The van der Waals surface area contributed by atoms with Gasteiger partial charge in [-0.3, -0.25) is 0 Å². The van der Waals surface area contributed by atoms with Crippen LogP contribution in [-0.2, 0) is 12.9 Å². The first kappa shape index (κ1) is 8.06. The predicted molar refractivity (Wildman–Crippen MR) is 29.4 cm³/mol. The summed E-state index contributed by atoms with van der Waals surface area (Å²) in [6.07, 6.45) is -2.79. The third kappa shape index (κ3) is 1.70. The third-order valence-electron chi connectivity index (χ3n) is 1.08. The average Bonchev–Trinajstić information content (AvgIpc) is 2.32. The van der Waals surface area contributed by atoms with E-state index in [1.165, 1.54) is 0 Å². The maximum atomic E-state index is 11.8. The molecule has 6 heteroatoms. The van der Waals surface area contributed by atoms with Gasteiger partial charge in [-0.2, -0.15) is 9.78 Å². The van der Waals surface area contributed by atoms with Crippen LogP contribution in [0, 0.1) is 0 Å². The zero-order valence-corrected chi connectivity index (χ0v) is 5.34. The Morgan fingerprint density at radius 2 is 2.18 bits per heavy atom. The molecule has 11 heavy (non-hydrogen) atoms. The number of aliphatic hydroxyl groups excluding tert-OH is 1. The van der Waals surface area contributed by atoms with Crippen LogP contribution in [0.4, 0.5) is 13.2 Å². The molecule has 1 aromatic heterocycles. The number of aliphatic hydroxyl groups is 1. The first-order valence-corrected chi connectivity index (χ1v) is 2.75. The Morgan fingerprint density at radius 3 is 2.45 bits per heavy atom. The van der Waals surface area contributed by atoms with E-state index in [0.717, 1.165) is 12.4 Å². The standard InChI is InChI=1S/C5H5F3N2O/c6-5(7,8)10-2-4(3-11)1-9-10/h1-2,11H,3H2. The molecule has 0 aliphatic rings. The molecule has 3 nitrogen and oxygen atoms in total. The van der Waals surface area contributed by atoms with Gasteiger partial charge in [-0.05, 0) is 0 Å². The molecule has 62 valence electrons. The van der Waals surface area contributed by atoms with E-state index in [1.807, 2.05) is 0 Å². The molecule has 0 fully saturated rings. The predicted octanol–water partition coefficient (Wildman–Crippen LogP) is 0.852. The molecule has 0 unspecified atom stereocenters. The fraction of sp³-hybridized carbons (Fsp3) is 0.400. The summed E-state index contributed by atoms with van der Waals surface area (Å²) in [5.41, 5.74) is 0.141. The van der Waals surface area contributed by atoms with Gasteiger partial charge in [0.15, 0.2) is 0 Å². The second kappa shape index (κ2) is 2.54. The molecular weight excluding hydrogens is 161 g/mol. The second-order valence-electron chi connectivity index (χ2n) is 1.92. The SMILES string of the molecule is OCc1cnn(C(F)(F)F)c1. The fourth-order valence-corrected chi connectivity index (χ4v) is 0.580. The number of hydrogen-bond donors (Lipinski definition) is 1. The Balaban J connectivity index is 2.89. The van der Waals surface area contributed by atoms with Crippen LogP contribution < -0.4 is 0 Å². The van der Waals surface area contributed by atoms with E-state index in [9.17, 15) is 13.2 Å². The van der Waals surface area contributed by atoms with Crippen LogP contribution in [0.5, 0.6) is 0 Å². The van der Waals surface area contributed by atoms with Crippen LogP contribution in [0.1, 0.15) is 5.56 Å². The highest BCUT2D eigenvalue weighted by Gasteiger charge is 2.31. The lowest BCUT2D eigenvalue weighted by Crippen LogP contribution is -2.16. The van der Waals surface area contributed by atoms with Crippen LogP contribution in [-0.4, -0.2) is 14.9 Å². The molecule has 0 amide bonds. The van der Waals surface area contributed by atoms with Crippen molar-refractivity contribution in [3.8, 4) is 0 Å². The van der Waals surface area contributed by atoms with Crippen LogP contribution in [0.3, 0.4) is 0 Å². The topological polar surface area (TPSA) is 38.1 Å². The second-order valence-corrected chi connectivity index (χ2v) is 1.92. The van der Waals surface area contributed by atoms with E-state index >= 15 is 0 Å². The van der Waals surface area contributed by atoms with E-state index in [-0.39, 0.29) is 10.2 Å². The molecular formula is C5H5F3N2O. The summed E-state index contributed by atoms with van der Waals surface area (Å²) >= 11 is 0. The number of nitrogens with zero attached hydrogens (tertiary/aromatic N) is 2. The Kier molecular flexibility index (Phi) is 1.86. The Bertz CT molecular complexity index is 242. The maximum absolute atomic E-state index is 11.8. The van der Waals surface area contributed by atoms with E-state index in [4.69, 9.17) is 5.11 Å². The van der Waals surface area contributed by atoms with Crippen molar-refractivity contribution in [2.45, 2.75) is 12.9 Å². The lowest BCUT2D eigenvalue weighted by atomic mass is 10.4. The van der Waals surface area contributed by atoms with Crippen molar-refractivity contribution in [3.63, 3.8) is 0 Å². The average molecular weight is 166 g/mol. The molecule has 0 aliphatic carbocycles. The van der Waals surface area contributed by atoms with Gasteiger partial charge in [0, 0.05) is 11.8 Å². The van der Waals surface area contributed by atoms with E-state index in [1.54, 1.807) is 0 Å². The van der Waals surface area contributed by atoms with E-state index in [2.05, 4.69) is 5.10 Å². The zero-order chi connectivity index (χ0) is 8.48. The lowest BCUT2D eigenvalue weighted by molar-refractivity contribution is -0.212. The normalized spacial score (nSPS) is 12.0. The summed E-state index contributed by atoms with van der Waals surface area (Å²) in [5, 5.41) is 11.4. The Labute approximate surface area is 60.1 Å². The summed E-state index contributed by atoms with van der Waals surface area (Å²) in [5.74, 6) is 0. The molecule has 0 bridgehead atoms. The molecule has 0 spiro atoms. The summed E-state index contributed by atoms with van der Waals surface area (Å²) in [4.78, 5) is 0. The first-order chi connectivity index (χ1) is 5.04. The minimum atomic E-state index is -4.49. The van der Waals surface area contributed by atoms with Crippen molar-refractivity contribution >= 4 is 0 Å². The number of rotatable bonds is 1. The summed E-state index contributed by atoms with van der Waals surface area (Å²) in [6.45, 7) is -0.434. The molecule has 0 aromatic carbocycles. The number of hydrogen-bond acceptors (Lipinski definition) is 2. The molecule has 0 atom stereocenters. The molecule has 1 N–H and O–H groups in total. The van der Waals surface area contributed by atoms with Gasteiger partial charge in [-0.25, -0.2) is 0 Å². The molecule has 1 rings (SSSR count). The number of halogens is 3. The Morgan fingerprint density at radius 1 is 1.55 bits per heavy atom. The lowest BCUT2D eigenvalue weighted by Gasteiger charge is -2.03. The zero-order valence-electron chi connectivity index (χ0n) is 5.34. The Hall–Kier alpha value is -1.04. The van der Waals surface area contributed by atoms with Gasteiger partial charge < -0.3 is 5.11 Å². The van der Waals surface area contributed by atoms with Gasteiger partial charge >= 0.3 is 6.30 Å². The quantitative estimate of drug-likeness (QED) is 0.671. The monoisotopic (exact) mass is 166 g/mol. The van der Waals surface area contributed by atoms with Gasteiger partial charge in [0.2, 0.25) is 0 Å². The van der Waals surface area contributed by atoms with Crippen LogP contribution in [0.25, 0.3) is 0 Å². The third-order valence-corrected chi connectivity index (χ3v) is 1.08. The molecule has 0 radical (unpaired) electrons. The molecule has 1 heterocycles. The largest absolute Gasteiger partial charge is 0.504 e. The van der Waals surface area contributed by atoms with Crippen molar-refractivity contribution in [2.24, 2.45) is 0 Å². The van der Waals surface area contributed by atoms with E-state index in [0.29, 0.717) is 0 Å². The molecule has 0 aliphatic heterocycles. The molecule has 1 aromatic rings. The van der Waals surface area contributed by atoms with Crippen molar-refractivity contribution in [1.82, 2.24) is 9.78 Å². The van der Waals surface area contributed by atoms with Gasteiger partial charge in [0.05, 0.1) is 12.8 Å². The van der Waals surface area contributed by atoms with Crippen LogP contribution in [0.15, 0.2) is 12.4 Å². The molecule has 0 saturated heterocycles. The highest BCUT2D eigenvalue weighted by atomic mass is 19.4. The summed E-state index contributed by atoms with van der Waals surface area (Å²) < 4.78 is 35.1. The van der Waals surface area contributed by atoms with Crippen LogP contribution in [0.2, 0.25) is 0 Å². The first-order valence-electron chi connectivity index (χ1n) is 2.75. The minimum absolute atomic E-state index is 0.141. The smallest absolute Gasteiger partial charge is 0.392 e. The van der Waals surface area contributed by atoms with Gasteiger partial charge in [-0.15, -0.1) is 13.2 Å². The van der Waals surface area contributed by atoms with Crippen molar-refractivity contribution in [2.75, 3.05) is 0 Å². The fourth-order valence-electron chi connectivity index (χ4n) is 0.580. The minimum Gasteiger partial charge on any atom is -0.392 e. The van der Waals surface area contributed by atoms with Gasteiger partial charge in [0.25, 0.3) is 0 Å². The van der Waals surface area contributed by atoms with Crippen molar-refractivity contribution in [3.05, 3.63) is 18.0 Å².